The Morgan fingerprint density at radius 2 is 0.704 bits per heavy atom. The molecule has 0 aliphatic heterocycles. The second-order valence-electron chi connectivity index (χ2n) is 19.7. The highest BCUT2D eigenvalue weighted by atomic mass is 15.2. The van der Waals surface area contributed by atoms with E-state index in [-0.39, 0.29) is 5.41 Å². The Bertz CT molecular complexity index is 4080. The van der Waals surface area contributed by atoms with Crippen molar-refractivity contribution in [3.05, 3.63) is 254 Å². The molecule has 4 nitrogen and oxygen atoms in total. The lowest BCUT2D eigenvalue weighted by Crippen LogP contribution is -2.18. The molecule has 2 heterocycles. The van der Waals surface area contributed by atoms with Crippen molar-refractivity contribution in [3.63, 3.8) is 0 Å². The zero-order valence-electron chi connectivity index (χ0n) is 39.4. The first-order valence-corrected chi connectivity index (χ1v) is 24.7. The number of benzene rings is 12. The smallest absolute Gasteiger partial charge is 0.0548 e. The molecule has 4 heteroatoms. The number of fused-ring (bicyclic) bond motifs is 3. The van der Waals surface area contributed by atoms with Gasteiger partial charge in [0.05, 0.1) is 33.4 Å². The minimum atomic E-state index is -0.298. The van der Waals surface area contributed by atoms with Crippen molar-refractivity contribution < 1.29 is 0 Å². The number of hydrogen-bond donors (Lipinski definition) is 0. The van der Waals surface area contributed by atoms with E-state index < -0.39 is 0 Å². The van der Waals surface area contributed by atoms with Gasteiger partial charge in [0.25, 0.3) is 0 Å². The number of nitrogens with zero attached hydrogens (tertiary/aromatic N) is 4. The van der Waals surface area contributed by atoms with Crippen LogP contribution in [-0.2, 0) is 5.41 Å². The van der Waals surface area contributed by atoms with Crippen molar-refractivity contribution in [1.82, 2.24) is 9.13 Å². The molecule has 1 aliphatic rings. The third-order valence-electron chi connectivity index (χ3n) is 15.6. The van der Waals surface area contributed by atoms with Crippen molar-refractivity contribution in [2.24, 2.45) is 0 Å². The van der Waals surface area contributed by atoms with E-state index in [0.29, 0.717) is 0 Å². The second-order valence-corrected chi connectivity index (χ2v) is 19.7. The average molecular weight is 907 g/mol. The van der Waals surface area contributed by atoms with E-state index in [1.807, 2.05) is 0 Å². The van der Waals surface area contributed by atoms with Gasteiger partial charge in [-0.05, 0) is 142 Å². The minimum absolute atomic E-state index is 0.298. The van der Waals surface area contributed by atoms with Crippen LogP contribution in [0.15, 0.2) is 243 Å². The highest BCUT2D eigenvalue weighted by molar-refractivity contribution is 6.28. The lowest BCUT2D eigenvalue weighted by Gasteiger charge is -2.30. The Labute approximate surface area is 411 Å². The lowest BCUT2D eigenvalue weighted by atomic mass is 9.82. The van der Waals surface area contributed by atoms with E-state index in [4.69, 9.17) is 0 Å². The fourth-order valence-corrected chi connectivity index (χ4v) is 12.4. The monoisotopic (exact) mass is 906 g/mol. The summed E-state index contributed by atoms with van der Waals surface area (Å²) in [6.07, 6.45) is 0. The molecule has 15 rings (SSSR count). The Balaban J connectivity index is 0.882. The van der Waals surface area contributed by atoms with Crippen LogP contribution in [0.2, 0.25) is 0 Å². The summed E-state index contributed by atoms with van der Waals surface area (Å²) in [7, 11) is 0. The van der Waals surface area contributed by atoms with Crippen LogP contribution >= 0.6 is 0 Å². The van der Waals surface area contributed by atoms with Gasteiger partial charge in [0, 0.05) is 71.9 Å². The summed E-state index contributed by atoms with van der Waals surface area (Å²) in [5.74, 6) is 0. The molecule has 71 heavy (non-hydrogen) atoms. The van der Waals surface area contributed by atoms with Crippen LogP contribution in [-0.4, -0.2) is 9.13 Å². The van der Waals surface area contributed by atoms with Gasteiger partial charge in [0.2, 0.25) is 0 Å². The van der Waals surface area contributed by atoms with Crippen molar-refractivity contribution in [3.8, 4) is 22.5 Å². The second kappa shape index (κ2) is 14.9. The molecular formula is C67H46N4. The predicted octanol–water partition coefficient (Wildman–Crippen LogP) is 18.3. The van der Waals surface area contributed by atoms with E-state index in [1.54, 1.807) is 0 Å². The fraction of sp³-hybridized carbons (Fsp3) is 0.0448. The predicted molar refractivity (Wildman–Crippen MR) is 299 cm³/mol. The van der Waals surface area contributed by atoms with E-state index in [0.717, 1.165) is 34.1 Å². The Kier molecular flexibility index (Phi) is 8.38. The Hall–Kier alpha value is -9.12. The van der Waals surface area contributed by atoms with Gasteiger partial charge in [-0.1, -0.05) is 147 Å². The van der Waals surface area contributed by atoms with Gasteiger partial charge in [-0.25, -0.2) is 0 Å². The molecule has 0 saturated carbocycles. The number of para-hydroxylation sites is 4. The number of rotatable bonds is 8. The molecule has 0 unspecified atom stereocenters. The van der Waals surface area contributed by atoms with Gasteiger partial charge in [-0.2, -0.15) is 0 Å². The molecule has 0 radical (unpaired) electrons. The van der Waals surface area contributed by atoms with Gasteiger partial charge >= 0.3 is 0 Å². The van der Waals surface area contributed by atoms with Gasteiger partial charge in [-0.3, -0.25) is 0 Å². The third kappa shape index (κ3) is 5.67. The summed E-state index contributed by atoms with van der Waals surface area (Å²) in [5.41, 5.74) is 19.0. The average Bonchev–Trinajstić information content (AvgIpc) is 4.03. The van der Waals surface area contributed by atoms with E-state index >= 15 is 0 Å². The molecule has 0 amide bonds. The van der Waals surface area contributed by atoms with Crippen molar-refractivity contribution in [2.75, 3.05) is 9.80 Å². The minimum Gasteiger partial charge on any atom is -0.310 e. The van der Waals surface area contributed by atoms with Gasteiger partial charge in [-0.15, -0.1) is 0 Å². The summed E-state index contributed by atoms with van der Waals surface area (Å²) in [6.45, 7) is 4.81. The largest absolute Gasteiger partial charge is 0.310 e. The van der Waals surface area contributed by atoms with E-state index in [9.17, 15) is 0 Å². The molecule has 12 aromatic carbocycles. The number of hydrogen-bond acceptors (Lipinski definition) is 2. The normalized spacial score (nSPS) is 13.0. The molecule has 14 aromatic rings. The fourth-order valence-electron chi connectivity index (χ4n) is 12.4. The van der Waals surface area contributed by atoms with Crippen LogP contribution in [0.3, 0.4) is 0 Å². The van der Waals surface area contributed by atoms with Crippen LogP contribution < -0.4 is 9.80 Å². The molecule has 0 atom stereocenters. The summed E-state index contributed by atoms with van der Waals surface area (Å²) >= 11 is 0. The highest BCUT2D eigenvalue weighted by Gasteiger charge is 2.37. The van der Waals surface area contributed by atoms with Crippen LogP contribution in [0, 0.1) is 0 Å². The molecule has 1 aliphatic carbocycles. The van der Waals surface area contributed by atoms with Crippen LogP contribution in [0.5, 0.6) is 0 Å². The maximum Gasteiger partial charge on any atom is 0.0548 e. The van der Waals surface area contributed by atoms with Crippen molar-refractivity contribution >= 4 is 99.3 Å². The van der Waals surface area contributed by atoms with Gasteiger partial charge in [0.15, 0.2) is 0 Å². The van der Waals surface area contributed by atoms with E-state index in [1.165, 1.54) is 98.8 Å². The summed E-state index contributed by atoms with van der Waals surface area (Å²) < 4.78 is 4.85. The zero-order valence-corrected chi connectivity index (χ0v) is 39.4. The van der Waals surface area contributed by atoms with Gasteiger partial charge in [0.1, 0.15) is 0 Å². The van der Waals surface area contributed by atoms with E-state index in [2.05, 4.69) is 275 Å². The van der Waals surface area contributed by atoms with Crippen LogP contribution in [0.25, 0.3) is 87.7 Å². The Morgan fingerprint density at radius 3 is 1.13 bits per heavy atom. The lowest BCUT2D eigenvalue weighted by molar-refractivity contribution is 0.660. The quantitative estimate of drug-likeness (QED) is 0.141. The molecule has 0 N–H and O–H groups in total. The molecular weight excluding hydrogens is 861 g/mol. The first-order valence-electron chi connectivity index (χ1n) is 24.7. The number of aromatic nitrogens is 2. The first-order chi connectivity index (χ1) is 35.0. The SMILES string of the molecule is CC1(C)c2cc(N(c3ccccc3)c3ccc4c5c3ccc3cccc(c35)n4-c3ccccc3)ccc2-c2ccc(N(c3ccccc3)c3ccc4c5c3ccc3cccc(c35)n4-c3ccccc3)cc21. The molecule has 0 spiro atoms. The Morgan fingerprint density at radius 1 is 0.310 bits per heavy atom. The highest BCUT2D eigenvalue weighted by Crippen LogP contribution is 2.54. The summed E-state index contributed by atoms with van der Waals surface area (Å²) in [6, 6.07) is 89.6. The molecule has 0 saturated heterocycles. The number of anilines is 6. The maximum atomic E-state index is 2.47. The van der Waals surface area contributed by atoms with Crippen LogP contribution in [0.4, 0.5) is 34.1 Å². The maximum absolute atomic E-state index is 2.47. The summed E-state index contributed by atoms with van der Waals surface area (Å²) in [4.78, 5) is 4.94. The van der Waals surface area contributed by atoms with Crippen molar-refractivity contribution in [1.29, 1.82) is 0 Å². The van der Waals surface area contributed by atoms with Crippen molar-refractivity contribution in [2.45, 2.75) is 19.3 Å². The molecule has 0 fully saturated rings. The zero-order chi connectivity index (χ0) is 47.0. The standard InChI is InChI=1S/C67H46N4/c1-67(2)55-41-49(68(45-19-7-3-8-20-45)57-37-39-61-65-53(57)33-29-43-17-15-27-59(63(43)65)70(61)47-23-11-5-12-24-47)31-35-51(55)52-36-32-50(42-56(52)67)69(46-21-9-4-10-22-46)58-38-40-62-66-54(58)34-30-44-18-16-28-60(64(44)66)71(62)48-25-13-6-14-26-48/h3-42H,1-2H3. The molecule has 0 bridgehead atoms. The molecule has 2 aromatic heterocycles. The summed E-state index contributed by atoms with van der Waals surface area (Å²) in [5, 5.41) is 10.1. The third-order valence-corrected chi connectivity index (χ3v) is 15.6. The van der Waals surface area contributed by atoms with Gasteiger partial charge < -0.3 is 18.9 Å². The molecule has 334 valence electrons. The van der Waals surface area contributed by atoms with Crippen LogP contribution in [0.1, 0.15) is 25.0 Å². The first kappa shape index (κ1) is 39.8. The topological polar surface area (TPSA) is 16.3 Å².